The van der Waals surface area contributed by atoms with Gasteiger partial charge < -0.3 is 10.4 Å². The summed E-state index contributed by atoms with van der Waals surface area (Å²) in [5.41, 5.74) is 1.68. The molecular formula is C15H22N2O3S. The number of amides is 2. The highest BCUT2D eigenvalue weighted by molar-refractivity contribution is 7.99. The Morgan fingerprint density at radius 3 is 2.62 bits per heavy atom. The monoisotopic (exact) mass is 310 g/mol. The van der Waals surface area contributed by atoms with Crippen LogP contribution < -0.4 is 10.2 Å². The van der Waals surface area contributed by atoms with Crippen molar-refractivity contribution in [3.05, 3.63) is 29.8 Å². The number of carbonyl (C=O) groups is 2. The average molecular weight is 310 g/mol. The number of carbonyl (C=O) groups excluding carboxylic acids is 1. The van der Waals surface area contributed by atoms with Crippen LogP contribution in [0.4, 0.5) is 10.5 Å². The van der Waals surface area contributed by atoms with Crippen LogP contribution >= 0.6 is 11.8 Å². The van der Waals surface area contributed by atoms with Crippen molar-refractivity contribution in [1.29, 1.82) is 0 Å². The van der Waals surface area contributed by atoms with Crippen molar-refractivity contribution in [2.45, 2.75) is 25.5 Å². The maximum Gasteiger partial charge on any atom is 0.321 e. The lowest BCUT2D eigenvalue weighted by atomic mass is 10.2. The number of carboxylic acid groups (broad SMARTS) is 1. The summed E-state index contributed by atoms with van der Waals surface area (Å²) in [5.74, 6) is -0.918. The molecule has 0 saturated carbocycles. The van der Waals surface area contributed by atoms with Crippen LogP contribution in [0.1, 0.15) is 18.9 Å². The van der Waals surface area contributed by atoms with Crippen molar-refractivity contribution in [2.75, 3.05) is 24.2 Å². The van der Waals surface area contributed by atoms with E-state index in [0.29, 0.717) is 11.8 Å². The van der Waals surface area contributed by atoms with Crippen molar-refractivity contribution in [3.63, 3.8) is 0 Å². The summed E-state index contributed by atoms with van der Waals surface area (Å²) in [4.78, 5) is 24.6. The van der Waals surface area contributed by atoms with Gasteiger partial charge in [0.15, 0.2) is 0 Å². The molecule has 0 spiro atoms. The van der Waals surface area contributed by atoms with Gasteiger partial charge in [0.1, 0.15) is 0 Å². The first kappa shape index (κ1) is 17.4. The van der Waals surface area contributed by atoms with E-state index in [1.807, 2.05) is 44.4 Å². The molecule has 5 nitrogen and oxygen atoms in total. The highest BCUT2D eigenvalue weighted by Gasteiger charge is 2.18. The molecular weight excluding hydrogens is 288 g/mol. The minimum absolute atomic E-state index is 0.0835. The first-order valence-electron chi connectivity index (χ1n) is 6.81. The van der Waals surface area contributed by atoms with Crippen molar-refractivity contribution >= 4 is 29.4 Å². The van der Waals surface area contributed by atoms with Crippen LogP contribution in [0.5, 0.6) is 0 Å². The van der Waals surface area contributed by atoms with Gasteiger partial charge in [-0.2, -0.15) is 11.8 Å². The van der Waals surface area contributed by atoms with Crippen LogP contribution in [0.25, 0.3) is 0 Å². The summed E-state index contributed by atoms with van der Waals surface area (Å²) < 4.78 is 0. The molecule has 0 aliphatic carbocycles. The van der Waals surface area contributed by atoms with Gasteiger partial charge in [-0.3, -0.25) is 9.69 Å². The molecule has 0 saturated heterocycles. The summed E-state index contributed by atoms with van der Waals surface area (Å²) >= 11 is 1.67. The highest BCUT2D eigenvalue weighted by Crippen LogP contribution is 2.20. The van der Waals surface area contributed by atoms with Gasteiger partial charge in [-0.15, -0.1) is 0 Å². The van der Waals surface area contributed by atoms with Crippen LogP contribution in [-0.2, 0) is 4.79 Å². The molecule has 1 atom stereocenters. The molecule has 0 radical (unpaired) electrons. The number of urea groups is 1. The van der Waals surface area contributed by atoms with Crippen LogP contribution in [0.15, 0.2) is 24.3 Å². The molecule has 1 rings (SSSR count). The molecule has 0 heterocycles. The molecule has 0 aliphatic heterocycles. The fourth-order valence-corrected chi connectivity index (χ4v) is 2.06. The van der Waals surface area contributed by atoms with Gasteiger partial charge in [0.05, 0.1) is 6.42 Å². The van der Waals surface area contributed by atoms with Crippen LogP contribution in [-0.4, -0.2) is 41.7 Å². The lowest BCUT2D eigenvalue weighted by Gasteiger charge is -2.25. The number of hydrogen-bond donors (Lipinski definition) is 2. The summed E-state index contributed by atoms with van der Waals surface area (Å²) in [7, 11) is 0. The third-order valence-corrected chi connectivity index (χ3v) is 4.12. The first-order chi connectivity index (χ1) is 9.95. The van der Waals surface area contributed by atoms with E-state index >= 15 is 0 Å². The number of hydrogen-bond acceptors (Lipinski definition) is 3. The minimum Gasteiger partial charge on any atom is -0.481 e. The van der Waals surface area contributed by atoms with E-state index in [0.717, 1.165) is 11.3 Å². The van der Waals surface area contributed by atoms with Gasteiger partial charge >= 0.3 is 12.0 Å². The van der Waals surface area contributed by atoms with Crippen molar-refractivity contribution in [2.24, 2.45) is 0 Å². The molecule has 1 aromatic rings. The highest BCUT2D eigenvalue weighted by atomic mass is 32.2. The molecule has 0 aromatic heterocycles. The molecule has 2 amide bonds. The van der Waals surface area contributed by atoms with Crippen LogP contribution in [0.3, 0.4) is 0 Å². The third kappa shape index (κ3) is 5.67. The minimum atomic E-state index is -0.918. The van der Waals surface area contributed by atoms with Gasteiger partial charge in [0, 0.05) is 24.0 Å². The Morgan fingerprint density at radius 2 is 2.05 bits per heavy atom. The number of carboxylic acids is 1. The van der Waals surface area contributed by atoms with E-state index in [1.54, 1.807) is 11.8 Å². The zero-order chi connectivity index (χ0) is 15.8. The number of aliphatic carboxylic acids is 1. The van der Waals surface area contributed by atoms with Crippen LogP contribution in [0, 0.1) is 6.92 Å². The number of rotatable bonds is 7. The summed E-state index contributed by atoms with van der Waals surface area (Å²) in [5, 5.41) is 12.0. The molecule has 2 N–H and O–H groups in total. The van der Waals surface area contributed by atoms with Gasteiger partial charge in [0.25, 0.3) is 0 Å². The summed E-state index contributed by atoms with van der Waals surface area (Å²) in [6, 6.07) is 7.21. The van der Waals surface area contributed by atoms with Gasteiger partial charge in [-0.25, -0.2) is 4.79 Å². The zero-order valence-corrected chi connectivity index (χ0v) is 13.4. The van der Waals surface area contributed by atoms with E-state index in [9.17, 15) is 9.59 Å². The third-order valence-electron chi connectivity index (χ3n) is 3.14. The van der Waals surface area contributed by atoms with E-state index in [-0.39, 0.29) is 19.0 Å². The maximum absolute atomic E-state index is 12.3. The first-order valence-corrected chi connectivity index (χ1v) is 8.10. The van der Waals surface area contributed by atoms with E-state index in [2.05, 4.69) is 5.32 Å². The number of benzene rings is 1. The molecule has 0 aliphatic rings. The Balaban J connectivity index is 2.84. The normalized spacial score (nSPS) is 11.8. The largest absolute Gasteiger partial charge is 0.481 e. The number of para-hydroxylation sites is 1. The molecule has 21 heavy (non-hydrogen) atoms. The number of anilines is 1. The molecule has 1 unspecified atom stereocenters. The lowest BCUT2D eigenvalue weighted by molar-refractivity contribution is -0.136. The Morgan fingerprint density at radius 1 is 1.38 bits per heavy atom. The van der Waals surface area contributed by atoms with E-state index in [1.165, 1.54) is 4.90 Å². The number of thioether (sulfide) groups is 1. The van der Waals surface area contributed by atoms with Gasteiger partial charge in [-0.1, -0.05) is 25.1 Å². The fourth-order valence-electron chi connectivity index (χ4n) is 1.81. The maximum atomic E-state index is 12.3. The average Bonchev–Trinajstić information content (AvgIpc) is 2.46. The van der Waals surface area contributed by atoms with Gasteiger partial charge in [0.2, 0.25) is 0 Å². The predicted molar refractivity (Wildman–Crippen MR) is 87.2 cm³/mol. The molecule has 0 bridgehead atoms. The molecule has 116 valence electrons. The predicted octanol–water partition coefficient (Wildman–Crippen LogP) is 2.74. The number of nitrogens with zero attached hydrogens (tertiary/aromatic N) is 1. The smallest absolute Gasteiger partial charge is 0.321 e. The molecule has 1 aromatic carbocycles. The van der Waals surface area contributed by atoms with E-state index in [4.69, 9.17) is 5.11 Å². The standard InChI is InChI=1S/C15H22N2O3S/c1-11-6-4-5-7-13(11)17(9-8-14(18)19)15(20)16-10-12(2)21-3/h4-7,12H,8-10H2,1-3H3,(H,16,20)(H,18,19). The molecule has 6 heteroatoms. The van der Waals surface area contributed by atoms with Gasteiger partial charge in [-0.05, 0) is 24.8 Å². The van der Waals surface area contributed by atoms with Crippen molar-refractivity contribution in [1.82, 2.24) is 5.32 Å². The topological polar surface area (TPSA) is 69.6 Å². The number of nitrogens with one attached hydrogen (secondary N) is 1. The second-order valence-electron chi connectivity index (χ2n) is 4.81. The second-order valence-corrected chi connectivity index (χ2v) is 6.09. The molecule has 0 fully saturated rings. The van der Waals surface area contributed by atoms with Crippen LogP contribution in [0.2, 0.25) is 0 Å². The second kappa shape index (κ2) is 8.56. The zero-order valence-electron chi connectivity index (χ0n) is 12.6. The Hall–Kier alpha value is -1.69. The van der Waals surface area contributed by atoms with E-state index < -0.39 is 5.97 Å². The number of aryl methyl sites for hydroxylation is 1. The van der Waals surface area contributed by atoms with Crippen molar-refractivity contribution in [3.8, 4) is 0 Å². The quantitative estimate of drug-likeness (QED) is 0.812. The lowest BCUT2D eigenvalue weighted by Crippen LogP contribution is -2.43. The SMILES string of the molecule is CSC(C)CNC(=O)N(CCC(=O)O)c1ccccc1C. The summed E-state index contributed by atoms with van der Waals surface area (Å²) in [6.07, 6.45) is 1.90. The summed E-state index contributed by atoms with van der Waals surface area (Å²) in [6.45, 7) is 4.64. The Bertz CT molecular complexity index is 494. The Kier molecular flexibility index (Phi) is 7.08. The Labute approximate surface area is 129 Å². The van der Waals surface area contributed by atoms with Crippen molar-refractivity contribution < 1.29 is 14.7 Å². The fraction of sp³-hybridized carbons (Fsp3) is 0.467.